The number of hydrogen-bond acceptors (Lipinski definition) is 4. The standard InChI is InChI=1S/C21H20ClF3N4/c1-3-4-14-5-9-16(10-6-14)27-19-18(21(23,24)25)13-26-20(28-19)29(2)17-11-7-15(22)8-12-17/h5-13H,3-4H2,1-2H3,(H,26,27,28). The Labute approximate surface area is 172 Å². The van der Waals surface area contributed by atoms with Gasteiger partial charge in [0, 0.05) is 29.6 Å². The minimum Gasteiger partial charge on any atom is -0.340 e. The number of halogens is 4. The summed E-state index contributed by atoms with van der Waals surface area (Å²) in [7, 11) is 1.68. The van der Waals surface area contributed by atoms with Crippen LogP contribution in [0.15, 0.2) is 54.7 Å². The molecule has 0 saturated carbocycles. The second-order valence-electron chi connectivity index (χ2n) is 6.54. The number of nitrogens with one attached hydrogen (secondary N) is 1. The van der Waals surface area contributed by atoms with Crippen LogP contribution in [0.5, 0.6) is 0 Å². The first-order valence-corrected chi connectivity index (χ1v) is 9.45. The Morgan fingerprint density at radius 3 is 2.28 bits per heavy atom. The maximum atomic E-state index is 13.5. The fourth-order valence-electron chi connectivity index (χ4n) is 2.80. The molecule has 0 aliphatic carbocycles. The summed E-state index contributed by atoms with van der Waals surface area (Å²) in [5.41, 5.74) is 1.42. The van der Waals surface area contributed by atoms with E-state index >= 15 is 0 Å². The van der Waals surface area contributed by atoms with Crippen LogP contribution in [0.2, 0.25) is 5.02 Å². The van der Waals surface area contributed by atoms with E-state index in [1.54, 1.807) is 48.3 Å². The van der Waals surface area contributed by atoms with Crippen molar-refractivity contribution in [3.63, 3.8) is 0 Å². The lowest BCUT2D eigenvalue weighted by Gasteiger charge is -2.20. The van der Waals surface area contributed by atoms with Gasteiger partial charge in [-0.15, -0.1) is 0 Å². The van der Waals surface area contributed by atoms with Crippen molar-refractivity contribution in [2.75, 3.05) is 17.3 Å². The summed E-state index contributed by atoms with van der Waals surface area (Å²) in [6.07, 6.45) is -1.88. The highest BCUT2D eigenvalue weighted by Gasteiger charge is 2.35. The Balaban J connectivity index is 1.94. The normalized spacial score (nSPS) is 11.4. The predicted molar refractivity (Wildman–Crippen MR) is 110 cm³/mol. The molecule has 0 radical (unpaired) electrons. The van der Waals surface area contributed by atoms with Gasteiger partial charge in [-0.2, -0.15) is 18.2 Å². The molecule has 4 nitrogen and oxygen atoms in total. The Morgan fingerprint density at radius 1 is 1.03 bits per heavy atom. The van der Waals surface area contributed by atoms with Crippen molar-refractivity contribution in [3.05, 3.63) is 70.9 Å². The van der Waals surface area contributed by atoms with Crippen molar-refractivity contribution in [2.45, 2.75) is 25.9 Å². The summed E-state index contributed by atoms with van der Waals surface area (Å²) in [5, 5.41) is 3.34. The molecule has 0 fully saturated rings. The van der Waals surface area contributed by atoms with Crippen molar-refractivity contribution >= 4 is 34.7 Å². The predicted octanol–water partition coefficient (Wildman–Crippen LogP) is 6.61. The second kappa shape index (κ2) is 8.69. The quantitative estimate of drug-likeness (QED) is 0.487. The van der Waals surface area contributed by atoms with E-state index < -0.39 is 11.7 Å². The first kappa shape index (κ1) is 20.9. The molecule has 0 spiro atoms. The van der Waals surface area contributed by atoms with E-state index in [4.69, 9.17) is 11.6 Å². The zero-order valence-corrected chi connectivity index (χ0v) is 16.7. The lowest BCUT2D eigenvalue weighted by Crippen LogP contribution is -2.17. The van der Waals surface area contributed by atoms with E-state index in [2.05, 4.69) is 22.2 Å². The van der Waals surface area contributed by atoms with Crippen molar-refractivity contribution in [3.8, 4) is 0 Å². The van der Waals surface area contributed by atoms with Gasteiger partial charge in [0.25, 0.3) is 0 Å². The molecule has 3 aromatic rings. The summed E-state index contributed by atoms with van der Waals surface area (Å²) in [4.78, 5) is 9.64. The fraction of sp³-hybridized carbons (Fsp3) is 0.238. The first-order chi connectivity index (χ1) is 13.8. The van der Waals surface area contributed by atoms with Crippen LogP contribution < -0.4 is 10.2 Å². The smallest absolute Gasteiger partial charge is 0.340 e. The van der Waals surface area contributed by atoms with Gasteiger partial charge in [0.1, 0.15) is 11.4 Å². The third-order valence-electron chi connectivity index (χ3n) is 4.35. The van der Waals surface area contributed by atoms with Gasteiger partial charge >= 0.3 is 6.18 Å². The summed E-state index contributed by atoms with van der Waals surface area (Å²) in [6.45, 7) is 2.07. The van der Waals surface area contributed by atoms with Gasteiger partial charge in [-0.3, -0.25) is 0 Å². The summed E-state index contributed by atoms with van der Waals surface area (Å²) < 4.78 is 40.4. The number of aryl methyl sites for hydroxylation is 1. The van der Waals surface area contributed by atoms with E-state index in [-0.39, 0.29) is 11.8 Å². The molecule has 29 heavy (non-hydrogen) atoms. The van der Waals surface area contributed by atoms with Crippen molar-refractivity contribution in [1.29, 1.82) is 0 Å². The van der Waals surface area contributed by atoms with Crippen LogP contribution in [0.4, 0.5) is 36.3 Å². The Bertz CT molecular complexity index is 957. The van der Waals surface area contributed by atoms with E-state index in [0.717, 1.165) is 24.6 Å². The number of alkyl halides is 3. The third-order valence-corrected chi connectivity index (χ3v) is 4.60. The number of hydrogen-bond donors (Lipinski definition) is 1. The second-order valence-corrected chi connectivity index (χ2v) is 6.97. The van der Waals surface area contributed by atoms with Gasteiger partial charge in [-0.05, 0) is 48.4 Å². The molecule has 0 aliphatic heterocycles. The molecule has 8 heteroatoms. The summed E-state index contributed by atoms with van der Waals surface area (Å²) in [5.74, 6) is -0.169. The molecular weight excluding hydrogens is 401 g/mol. The van der Waals surface area contributed by atoms with Gasteiger partial charge in [-0.1, -0.05) is 37.1 Å². The molecule has 0 saturated heterocycles. The fourth-order valence-corrected chi connectivity index (χ4v) is 2.92. The number of anilines is 4. The molecule has 0 unspecified atom stereocenters. The Morgan fingerprint density at radius 2 is 1.69 bits per heavy atom. The van der Waals surface area contributed by atoms with Crippen LogP contribution in [0.3, 0.4) is 0 Å². The topological polar surface area (TPSA) is 41.1 Å². The van der Waals surface area contributed by atoms with Crippen molar-refractivity contribution in [1.82, 2.24) is 9.97 Å². The molecule has 3 rings (SSSR count). The summed E-state index contributed by atoms with van der Waals surface area (Å²) in [6, 6.07) is 14.1. The van der Waals surface area contributed by atoms with Gasteiger partial charge in [0.15, 0.2) is 0 Å². The Hall–Kier alpha value is -2.80. The lowest BCUT2D eigenvalue weighted by molar-refractivity contribution is -0.137. The number of nitrogens with zero attached hydrogens (tertiary/aromatic N) is 3. The maximum absolute atomic E-state index is 13.5. The molecule has 0 atom stereocenters. The highest BCUT2D eigenvalue weighted by atomic mass is 35.5. The van der Waals surface area contributed by atoms with Crippen LogP contribution in [-0.2, 0) is 12.6 Å². The highest BCUT2D eigenvalue weighted by molar-refractivity contribution is 6.30. The van der Waals surface area contributed by atoms with Crippen LogP contribution in [0.25, 0.3) is 0 Å². The Kier molecular flexibility index (Phi) is 6.27. The molecule has 0 amide bonds. The molecular formula is C21H20ClF3N4. The van der Waals surface area contributed by atoms with Crippen LogP contribution in [0.1, 0.15) is 24.5 Å². The van der Waals surface area contributed by atoms with Gasteiger partial charge in [0.05, 0.1) is 0 Å². The number of aromatic nitrogens is 2. The van der Waals surface area contributed by atoms with E-state index in [1.165, 1.54) is 0 Å². The number of benzene rings is 2. The van der Waals surface area contributed by atoms with Crippen LogP contribution >= 0.6 is 11.6 Å². The average molecular weight is 421 g/mol. The van der Waals surface area contributed by atoms with Crippen LogP contribution in [0, 0.1) is 0 Å². The van der Waals surface area contributed by atoms with E-state index in [1.807, 2.05) is 12.1 Å². The minimum absolute atomic E-state index is 0.130. The summed E-state index contributed by atoms with van der Waals surface area (Å²) >= 11 is 5.89. The largest absolute Gasteiger partial charge is 0.421 e. The third kappa shape index (κ3) is 5.17. The molecule has 0 aliphatic rings. The monoisotopic (exact) mass is 420 g/mol. The molecule has 2 aromatic carbocycles. The van der Waals surface area contributed by atoms with Gasteiger partial charge in [0.2, 0.25) is 5.95 Å². The van der Waals surface area contributed by atoms with Crippen molar-refractivity contribution in [2.24, 2.45) is 0 Å². The zero-order chi connectivity index (χ0) is 21.0. The number of rotatable bonds is 6. The zero-order valence-electron chi connectivity index (χ0n) is 16.0. The molecule has 1 aromatic heterocycles. The average Bonchev–Trinajstić information content (AvgIpc) is 2.69. The van der Waals surface area contributed by atoms with E-state index in [9.17, 15) is 13.2 Å². The molecule has 1 heterocycles. The van der Waals surface area contributed by atoms with Gasteiger partial charge < -0.3 is 10.2 Å². The first-order valence-electron chi connectivity index (χ1n) is 9.07. The maximum Gasteiger partial charge on any atom is 0.421 e. The molecule has 152 valence electrons. The van der Waals surface area contributed by atoms with Gasteiger partial charge in [-0.25, -0.2) is 4.98 Å². The minimum atomic E-state index is -4.58. The SMILES string of the molecule is CCCc1ccc(Nc2nc(N(C)c3ccc(Cl)cc3)ncc2C(F)(F)F)cc1. The lowest BCUT2D eigenvalue weighted by atomic mass is 10.1. The highest BCUT2D eigenvalue weighted by Crippen LogP contribution is 2.36. The van der Waals surface area contributed by atoms with Crippen molar-refractivity contribution < 1.29 is 13.2 Å². The van der Waals surface area contributed by atoms with E-state index in [0.29, 0.717) is 16.4 Å². The molecule has 1 N–H and O–H groups in total. The van der Waals surface area contributed by atoms with Crippen LogP contribution in [-0.4, -0.2) is 17.0 Å². The molecule has 0 bridgehead atoms.